The van der Waals surface area contributed by atoms with Gasteiger partial charge in [-0.2, -0.15) is 5.10 Å². The average molecular weight is 340 g/mol. The molecule has 6 heteroatoms. The number of benzene rings is 1. The number of aryl methyl sites for hydroxylation is 2. The maximum Gasteiger partial charge on any atom is 0.419 e. The lowest BCUT2D eigenvalue weighted by molar-refractivity contribution is 0.221. The highest BCUT2D eigenvalue weighted by Gasteiger charge is 2.24. The van der Waals surface area contributed by atoms with Gasteiger partial charge in [0, 0.05) is 25.3 Å². The van der Waals surface area contributed by atoms with E-state index in [-0.39, 0.29) is 5.76 Å². The standard InChI is InChI=1S/C19H24N4O2/c1-15-12-20-22(13-15)14-16-6-4-9-21(16)10-5-11-23-17-7-2-3-8-18(17)25-19(23)24/h2-3,7-8,12-13,16H,4-6,9-11,14H2,1H3. The van der Waals surface area contributed by atoms with Crippen LogP contribution >= 0.6 is 0 Å². The highest BCUT2D eigenvalue weighted by molar-refractivity contribution is 5.72. The molecule has 25 heavy (non-hydrogen) atoms. The molecule has 1 aliphatic heterocycles. The number of hydrogen-bond acceptors (Lipinski definition) is 4. The summed E-state index contributed by atoms with van der Waals surface area (Å²) in [6, 6.07) is 8.16. The molecule has 0 aliphatic carbocycles. The van der Waals surface area contributed by atoms with Gasteiger partial charge in [-0.05, 0) is 50.4 Å². The quantitative estimate of drug-likeness (QED) is 0.692. The summed E-state index contributed by atoms with van der Waals surface area (Å²) >= 11 is 0. The third kappa shape index (κ3) is 3.39. The van der Waals surface area contributed by atoms with Crippen molar-refractivity contribution in [3.63, 3.8) is 0 Å². The zero-order valence-electron chi connectivity index (χ0n) is 14.6. The molecular weight excluding hydrogens is 316 g/mol. The van der Waals surface area contributed by atoms with Crippen LogP contribution in [0.2, 0.25) is 0 Å². The predicted octanol–water partition coefficient (Wildman–Crippen LogP) is 2.65. The minimum Gasteiger partial charge on any atom is -0.408 e. The predicted molar refractivity (Wildman–Crippen MR) is 96.7 cm³/mol. The normalized spacial score (nSPS) is 18.4. The Morgan fingerprint density at radius 2 is 2.16 bits per heavy atom. The second kappa shape index (κ2) is 6.88. The number of para-hydroxylation sites is 2. The van der Waals surface area contributed by atoms with Gasteiger partial charge in [0.15, 0.2) is 5.58 Å². The summed E-state index contributed by atoms with van der Waals surface area (Å²) in [6.45, 7) is 5.84. The Hall–Kier alpha value is -2.34. The first-order valence-corrected chi connectivity index (χ1v) is 9.02. The molecule has 0 bridgehead atoms. The number of hydrogen-bond donors (Lipinski definition) is 0. The molecule has 0 radical (unpaired) electrons. The zero-order valence-corrected chi connectivity index (χ0v) is 14.6. The Labute approximate surface area is 146 Å². The molecule has 1 unspecified atom stereocenters. The lowest BCUT2D eigenvalue weighted by Gasteiger charge is -2.24. The molecule has 0 spiro atoms. The highest BCUT2D eigenvalue weighted by Crippen LogP contribution is 2.19. The van der Waals surface area contributed by atoms with E-state index in [2.05, 4.69) is 23.1 Å². The maximum absolute atomic E-state index is 12.0. The van der Waals surface area contributed by atoms with E-state index >= 15 is 0 Å². The average Bonchev–Trinajstić information content (AvgIpc) is 3.29. The number of nitrogens with zero attached hydrogens (tertiary/aromatic N) is 4. The third-order valence-electron chi connectivity index (χ3n) is 5.06. The molecule has 3 heterocycles. The molecule has 3 aromatic rings. The molecule has 132 valence electrons. The molecule has 1 aromatic carbocycles. The van der Waals surface area contributed by atoms with E-state index in [0.29, 0.717) is 18.2 Å². The smallest absolute Gasteiger partial charge is 0.408 e. The fourth-order valence-electron chi connectivity index (χ4n) is 3.84. The first kappa shape index (κ1) is 16.1. The number of rotatable bonds is 6. The van der Waals surface area contributed by atoms with Crippen LogP contribution in [0, 0.1) is 6.92 Å². The summed E-state index contributed by atoms with van der Waals surface area (Å²) in [5.74, 6) is -0.258. The van der Waals surface area contributed by atoms with E-state index in [9.17, 15) is 4.79 Å². The summed E-state index contributed by atoms with van der Waals surface area (Å²) in [7, 11) is 0. The van der Waals surface area contributed by atoms with E-state index in [0.717, 1.165) is 31.6 Å². The van der Waals surface area contributed by atoms with Gasteiger partial charge in [-0.25, -0.2) is 4.79 Å². The van der Waals surface area contributed by atoms with Gasteiger partial charge in [0.1, 0.15) is 0 Å². The summed E-state index contributed by atoms with van der Waals surface area (Å²) in [4.78, 5) is 14.6. The summed E-state index contributed by atoms with van der Waals surface area (Å²) in [6.07, 6.45) is 7.41. The maximum atomic E-state index is 12.0. The van der Waals surface area contributed by atoms with Crippen molar-refractivity contribution >= 4 is 11.1 Å². The molecule has 0 N–H and O–H groups in total. The van der Waals surface area contributed by atoms with Crippen LogP contribution in [0.4, 0.5) is 0 Å². The highest BCUT2D eigenvalue weighted by atomic mass is 16.4. The van der Waals surface area contributed by atoms with Crippen molar-refractivity contribution in [2.75, 3.05) is 13.1 Å². The number of aromatic nitrogens is 3. The van der Waals surface area contributed by atoms with E-state index in [1.807, 2.05) is 35.1 Å². The molecule has 0 amide bonds. The van der Waals surface area contributed by atoms with E-state index in [4.69, 9.17) is 4.42 Å². The van der Waals surface area contributed by atoms with Gasteiger partial charge >= 0.3 is 5.76 Å². The Morgan fingerprint density at radius 1 is 1.28 bits per heavy atom. The zero-order chi connectivity index (χ0) is 17.2. The van der Waals surface area contributed by atoms with Gasteiger partial charge in [0.05, 0.1) is 18.3 Å². The van der Waals surface area contributed by atoms with Crippen LogP contribution in [0.25, 0.3) is 11.1 Å². The minimum atomic E-state index is -0.258. The fourth-order valence-corrected chi connectivity index (χ4v) is 3.84. The molecule has 2 aromatic heterocycles. The van der Waals surface area contributed by atoms with Gasteiger partial charge in [-0.15, -0.1) is 0 Å². The van der Waals surface area contributed by atoms with Gasteiger partial charge in [0.25, 0.3) is 0 Å². The van der Waals surface area contributed by atoms with Crippen molar-refractivity contribution in [1.29, 1.82) is 0 Å². The van der Waals surface area contributed by atoms with Crippen LogP contribution < -0.4 is 5.76 Å². The van der Waals surface area contributed by atoms with Gasteiger partial charge in [0.2, 0.25) is 0 Å². The molecule has 0 saturated carbocycles. The molecule has 1 fully saturated rings. The first-order chi connectivity index (χ1) is 12.2. The van der Waals surface area contributed by atoms with Crippen LogP contribution in [-0.2, 0) is 13.1 Å². The molecular formula is C19H24N4O2. The van der Waals surface area contributed by atoms with Gasteiger partial charge in [-0.1, -0.05) is 12.1 Å². The summed E-state index contributed by atoms with van der Waals surface area (Å²) in [5.41, 5.74) is 2.76. The Bertz CT molecular complexity index is 907. The topological polar surface area (TPSA) is 56.2 Å². The lowest BCUT2D eigenvalue weighted by Crippen LogP contribution is -2.34. The van der Waals surface area contributed by atoms with Gasteiger partial charge in [-0.3, -0.25) is 14.1 Å². The van der Waals surface area contributed by atoms with Crippen molar-refractivity contribution in [2.45, 2.75) is 45.3 Å². The fraction of sp³-hybridized carbons (Fsp3) is 0.474. The van der Waals surface area contributed by atoms with E-state index in [1.54, 1.807) is 4.57 Å². The third-order valence-corrected chi connectivity index (χ3v) is 5.06. The van der Waals surface area contributed by atoms with E-state index in [1.165, 1.54) is 18.4 Å². The first-order valence-electron chi connectivity index (χ1n) is 9.02. The Balaban J connectivity index is 1.37. The van der Waals surface area contributed by atoms with Crippen molar-refractivity contribution in [1.82, 2.24) is 19.2 Å². The molecule has 1 aliphatic rings. The van der Waals surface area contributed by atoms with Gasteiger partial charge < -0.3 is 4.42 Å². The van der Waals surface area contributed by atoms with Crippen LogP contribution in [0.3, 0.4) is 0 Å². The van der Waals surface area contributed by atoms with Crippen LogP contribution in [0.5, 0.6) is 0 Å². The monoisotopic (exact) mass is 340 g/mol. The number of likely N-dealkylation sites (tertiary alicyclic amines) is 1. The van der Waals surface area contributed by atoms with Crippen LogP contribution in [0.15, 0.2) is 45.9 Å². The minimum absolute atomic E-state index is 0.258. The molecule has 1 saturated heterocycles. The van der Waals surface area contributed by atoms with Crippen LogP contribution in [0.1, 0.15) is 24.8 Å². The molecule has 6 nitrogen and oxygen atoms in total. The van der Waals surface area contributed by atoms with Crippen molar-refractivity contribution in [3.8, 4) is 0 Å². The summed E-state index contributed by atoms with van der Waals surface area (Å²) in [5, 5.41) is 4.41. The SMILES string of the molecule is Cc1cnn(CC2CCCN2CCCn2c(=O)oc3ccccc32)c1. The lowest BCUT2D eigenvalue weighted by atomic mass is 10.2. The number of fused-ring (bicyclic) bond motifs is 1. The van der Waals surface area contributed by atoms with Crippen molar-refractivity contribution < 1.29 is 4.42 Å². The Morgan fingerprint density at radius 3 is 3.00 bits per heavy atom. The molecule has 4 rings (SSSR count). The van der Waals surface area contributed by atoms with E-state index < -0.39 is 0 Å². The number of oxazole rings is 1. The largest absolute Gasteiger partial charge is 0.419 e. The second-order valence-corrected chi connectivity index (χ2v) is 6.91. The van der Waals surface area contributed by atoms with Crippen LogP contribution in [-0.4, -0.2) is 38.4 Å². The van der Waals surface area contributed by atoms with Crippen molar-refractivity contribution in [3.05, 3.63) is 52.8 Å². The Kier molecular flexibility index (Phi) is 4.44. The van der Waals surface area contributed by atoms with Crippen molar-refractivity contribution in [2.24, 2.45) is 0 Å². The molecule has 1 atom stereocenters. The second-order valence-electron chi connectivity index (χ2n) is 6.91. The summed E-state index contributed by atoms with van der Waals surface area (Å²) < 4.78 is 9.10.